The topological polar surface area (TPSA) is 74.4 Å². The molecule has 1 aliphatic rings. The molecule has 6 nitrogen and oxygen atoms in total. The summed E-state index contributed by atoms with van der Waals surface area (Å²) in [6.07, 6.45) is 3.26. The minimum atomic E-state index is 0.0780. The van der Waals surface area contributed by atoms with Crippen molar-refractivity contribution >= 4 is 43.9 Å². The third-order valence-corrected chi connectivity index (χ3v) is 6.01. The number of aromatic amines is 1. The molecule has 0 aliphatic carbocycles. The van der Waals surface area contributed by atoms with Crippen molar-refractivity contribution in [3.63, 3.8) is 0 Å². The van der Waals surface area contributed by atoms with Gasteiger partial charge in [0.2, 0.25) is 0 Å². The molecule has 0 fully saturated rings. The molecule has 1 unspecified atom stereocenters. The first-order chi connectivity index (χ1) is 15.1. The van der Waals surface area contributed by atoms with Gasteiger partial charge in [-0.1, -0.05) is 46.2 Å². The average Bonchev–Trinajstić information content (AvgIpc) is 3.26. The summed E-state index contributed by atoms with van der Waals surface area (Å²) in [5.41, 5.74) is 4.49. The van der Waals surface area contributed by atoms with Crippen LogP contribution in [-0.4, -0.2) is 48.3 Å². The molecule has 31 heavy (non-hydrogen) atoms. The molecule has 0 saturated heterocycles. The number of nitrogens with zero attached hydrogens (tertiary/aromatic N) is 2. The molecule has 0 saturated carbocycles. The quantitative estimate of drug-likeness (QED) is 0.315. The Kier molecular flexibility index (Phi) is 6.73. The maximum Gasteiger partial charge on any atom is 0.199 e. The standard InChI is InChI=1S/C24H27BrN4O2/c1-3-12-29(2)13-6-7-14-31-28-22-17-8-4-5-9-19(17)26-23(22)21-18-15-16(25)10-11-20(18)27-24(21)30/h4-5,8-11,15,27,30H,3,6-7,12-14H2,1-2H3/p+1. The van der Waals surface area contributed by atoms with Crippen LogP contribution in [0.4, 0.5) is 5.69 Å². The number of H-pyrrole nitrogens is 1. The number of fused-ring (bicyclic) bond motifs is 2. The fourth-order valence-corrected chi connectivity index (χ4v) is 4.35. The summed E-state index contributed by atoms with van der Waals surface area (Å²) in [5, 5.41) is 16.0. The van der Waals surface area contributed by atoms with Crippen molar-refractivity contribution in [1.82, 2.24) is 4.98 Å². The molecule has 0 bridgehead atoms. The fourth-order valence-electron chi connectivity index (χ4n) is 3.98. The Morgan fingerprint density at radius 2 is 2.00 bits per heavy atom. The summed E-state index contributed by atoms with van der Waals surface area (Å²) >= 11 is 3.52. The Bertz CT molecular complexity index is 1140. The molecular formula is C24H28BrN4O2+. The number of hydrogen-bond acceptors (Lipinski definition) is 4. The first-order valence-electron chi connectivity index (χ1n) is 10.8. The molecule has 3 aromatic rings. The number of nitrogens with one attached hydrogen (secondary N) is 2. The third kappa shape index (κ3) is 4.67. The fraction of sp³-hybridized carbons (Fsp3) is 0.333. The SMILES string of the molecule is CCC[NH+](C)CCCCON=C1C(c2c(O)[nH]c3ccc(Br)cc23)=Nc2ccccc21. The van der Waals surface area contributed by atoms with E-state index >= 15 is 0 Å². The molecule has 0 radical (unpaired) electrons. The number of aliphatic imine (C=N–C) groups is 1. The number of quaternary nitrogens is 1. The first-order valence-corrected chi connectivity index (χ1v) is 11.6. The van der Waals surface area contributed by atoms with Gasteiger partial charge in [-0.2, -0.15) is 0 Å². The summed E-state index contributed by atoms with van der Waals surface area (Å²) in [6, 6.07) is 13.7. The Morgan fingerprint density at radius 3 is 2.84 bits per heavy atom. The minimum Gasteiger partial charge on any atom is -0.494 e. The van der Waals surface area contributed by atoms with Gasteiger partial charge >= 0.3 is 0 Å². The van der Waals surface area contributed by atoms with Crippen LogP contribution in [0.3, 0.4) is 0 Å². The zero-order valence-electron chi connectivity index (χ0n) is 17.9. The van der Waals surface area contributed by atoms with E-state index in [0.29, 0.717) is 23.6 Å². The van der Waals surface area contributed by atoms with Crippen molar-refractivity contribution in [2.24, 2.45) is 10.1 Å². The highest BCUT2D eigenvalue weighted by Crippen LogP contribution is 2.36. The second kappa shape index (κ2) is 9.66. The van der Waals surface area contributed by atoms with E-state index in [4.69, 9.17) is 9.83 Å². The zero-order chi connectivity index (χ0) is 21.8. The Labute approximate surface area is 190 Å². The Balaban J connectivity index is 1.56. The van der Waals surface area contributed by atoms with Crippen LogP contribution < -0.4 is 4.90 Å². The van der Waals surface area contributed by atoms with Gasteiger partial charge in [-0.3, -0.25) is 0 Å². The van der Waals surface area contributed by atoms with Crippen molar-refractivity contribution in [1.29, 1.82) is 0 Å². The molecule has 162 valence electrons. The van der Waals surface area contributed by atoms with E-state index in [1.54, 1.807) is 4.90 Å². The summed E-state index contributed by atoms with van der Waals surface area (Å²) < 4.78 is 0.932. The van der Waals surface area contributed by atoms with Crippen LogP contribution in [0.1, 0.15) is 37.3 Å². The second-order valence-electron chi connectivity index (χ2n) is 7.95. The number of para-hydroxylation sites is 1. The molecule has 1 aliphatic heterocycles. The smallest absolute Gasteiger partial charge is 0.199 e. The van der Waals surface area contributed by atoms with Crippen LogP contribution >= 0.6 is 15.9 Å². The van der Waals surface area contributed by atoms with E-state index in [9.17, 15) is 5.11 Å². The van der Waals surface area contributed by atoms with Crippen LogP contribution in [0.15, 0.2) is 57.1 Å². The molecule has 2 aromatic carbocycles. The molecule has 7 heteroatoms. The predicted octanol–water partition coefficient (Wildman–Crippen LogP) is 4.20. The van der Waals surface area contributed by atoms with Crippen LogP contribution in [-0.2, 0) is 4.84 Å². The monoisotopic (exact) mass is 483 g/mol. The lowest BCUT2D eigenvalue weighted by Crippen LogP contribution is -3.08. The van der Waals surface area contributed by atoms with Crippen LogP contribution in [0.25, 0.3) is 10.9 Å². The van der Waals surface area contributed by atoms with Gasteiger partial charge in [-0.05, 0) is 43.5 Å². The van der Waals surface area contributed by atoms with Crippen molar-refractivity contribution in [3.05, 3.63) is 58.1 Å². The summed E-state index contributed by atoms with van der Waals surface area (Å²) in [4.78, 5) is 15.1. The molecule has 3 N–H and O–H groups in total. The number of aromatic nitrogens is 1. The average molecular weight is 484 g/mol. The van der Waals surface area contributed by atoms with Gasteiger partial charge in [0.05, 0.1) is 31.4 Å². The Morgan fingerprint density at radius 1 is 1.16 bits per heavy atom. The van der Waals surface area contributed by atoms with Gasteiger partial charge in [0.1, 0.15) is 18.0 Å². The highest BCUT2D eigenvalue weighted by molar-refractivity contribution is 9.10. The van der Waals surface area contributed by atoms with E-state index in [1.165, 1.54) is 13.0 Å². The number of unbranched alkanes of at least 4 members (excludes halogenated alkanes) is 1. The van der Waals surface area contributed by atoms with Crippen molar-refractivity contribution in [2.75, 3.05) is 26.7 Å². The number of oxime groups is 1. The van der Waals surface area contributed by atoms with Gasteiger partial charge in [-0.15, -0.1) is 0 Å². The summed E-state index contributed by atoms with van der Waals surface area (Å²) in [5.74, 6) is 0.0780. The van der Waals surface area contributed by atoms with Crippen LogP contribution in [0.5, 0.6) is 5.88 Å². The van der Waals surface area contributed by atoms with Gasteiger partial charge in [0.25, 0.3) is 0 Å². The van der Waals surface area contributed by atoms with Gasteiger partial charge in [0, 0.05) is 20.9 Å². The zero-order valence-corrected chi connectivity index (χ0v) is 19.5. The molecule has 4 rings (SSSR count). The van der Waals surface area contributed by atoms with E-state index in [2.05, 4.69) is 40.0 Å². The molecule has 1 atom stereocenters. The number of hydrogen-bond donors (Lipinski definition) is 3. The molecular weight excluding hydrogens is 456 g/mol. The normalized spacial score (nSPS) is 15.3. The predicted molar refractivity (Wildman–Crippen MR) is 129 cm³/mol. The minimum absolute atomic E-state index is 0.0780. The summed E-state index contributed by atoms with van der Waals surface area (Å²) in [7, 11) is 2.23. The Hall–Kier alpha value is -2.64. The number of rotatable bonds is 9. The first kappa shape index (κ1) is 21.6. The van der Waals surface area contributed by atoms with E-state index in [-0.39, 0.29) is 5.88 Å². The lowest BCUT2D eigenvalue weighted by molar-refractivity contribution is -0.879. The second-order valence-corrected chi connectivity index (χ2v) is 8.87. The van der Waals surface area contributed by atoms with Crippen molar-refractivity contribution in [3.8, 4) is 5.88 Å². The van der Waals surface area contributed by atoms with E-state index < -0.39 is 0 Å². The van der Waals surface area contributed by atoms with Crippen LogP contribution in [0.2, 0.25) is 0 Å². The maximum atomic E-state index is 10.7. The van der Waals surface area contributed by atoms with Gasteiger partial charge in [0.15, 0.2) is 5.88 Å². The van der Waals surface area contributed by atoms with Crippen molar-refractivity contribution < 1.29 is 14.8 Å². The lowest BCUT2D eigenvalue weighted by Gasteiger charge is -2.12. The van der Waals surface area contributed by atoms with Gasteiger partial charge in [-0.25, -0.2) is 4.99 Å². The molecule has 0 spiro atoms. The molecule has 1 aromatic heterocycles. The number of aromatic hydroxyl groups is 1. The molecule has 2 heterocycles. The van der Waals surface area contributed by atoms with E-state index in [0.717, 1.165) is 46.0 Å². The largest absolute Gasteiger partial charge is 0.494 e. The van der Waals surface area contributed by atoms with E-state index in [1.807, 2.05) is 42.5 Å². The third-order valence-electron chi connectivity index (χ3n) is 5.52. The van der Waals surface area contributed by atoms with Gasteiger partial charge < -0.3 is 19.8 Å². The van der Waals surface area contributed by atoms with Crippen LogP contribution in [0, 0.1) is 0 Å². The summed E-state index contributed by atoms with van der Waals surface area (Å²) in [6.45, 7) is 5.11. The highest BCUT2D eigenvalue weighted by Gasteiger charge is 2.29. The highest BCUT2D eigenvalue weighted by atomic mass is 79.9. The number of halogens is 1. The van der Waals surface area contributed by atoms with Crippen molar-refractivity contribution in [2.45, 2.75) is 26.2 Å². The number of benzene rings is 2. The molecule has 0 amide bonds. The lowest BCUT2D eigenvalue weighted by atomic mass is 10.0. The maximum absolute atomic E-state index is 10.7.